The van der Waals surface area contributed by atoms with Crippen LogP contribution < -0.4 is 20.7 Å². The summed E-state index contributed by atoms with van der Waals surface area (Å²) in [6, 6.07) is 13.5. The molecule has 10 nitrogen and oxygen atoms in total. The van der Waals surface area contributed by atoms with Crippen molar-refractivity contribution in [3.8, 4) is 5.75 Å². The molecule has 3 atom stereocenters. The van der Waals surface area contributed by atoms with E-state index in [4.69, 9.17) is 10.1 Å². The van der Waals surface area contributed by atoms with E-state index in [0.29, 0.717) is 28.3 Å². The van der Waals surface area contributed by atoms with Gasteiger partial charge in [-0.1, -0.05) is 24.3 Å². The first-order valence-electron chi connectivity index (χ1n) is 15.8. The largest absolute Gasteiger partial charge is 0.490 e. The fourth-order valence-electron chi connectivity index (χ4n) is 6.67. The first-order valence-corrected chi connectivity index (χ1v) is 16.6. The number of likely N-dealkylation sites (N-methyl/N-ethyl adjacent to an activating group) is 2. The number of rotatable bonds is 10. The Bertz CT molecular complexity index is 1480. The summed E-state index contributed by atoms with van der Waals surface area (Å²) >= 11 is 3.32. The van der Waals surface area contributed by atoms with Gasteiger partial charge in [0, 0.05) is 64.0 Å². The van der Waals surface area contributed by atoms with Gasteiger partial charge in [-0.05, 0) is 83.9 Å². The number of piperidine rings is 3. The molecular formula is C34H42BrFN6O4. The van der Waals surface area contributed by atoms with Crippen LogP contribution in [0.3, 0.4) is 0 Å². The molecule has 5 rings (SSSR count). The van der Waals surface area contributed by atoms with E-state index in [1.54, 1.807) is 19.2 Å². The zero-order valence-corrected chi connectivity index (χ0v) is 27.9. The van der Waals surface area contributed by atoms with Crippen molar-refractivity contribution in [2.45, 2.75) is 62.6 Å². The number of imide groups is 1. The third-order valence-corrected chi connectivity index (χ3v) is 9.86. The van der Waals surface area contributed by atoms with Crippen LogP contribution in [0, 0.1) is 11.2 Å². The van der Waals surface area contributed by atoms with Crippen molar-refractivity contribution in [2.24, 2.45) is 0 Å². The van der Waals surface area contributed by atoms with E-state index in [1.807, 2.05) is 0 Å². The van der Waals surface area contributed by atoms with E-state index in [1.165, 1.54) is 23.4 Å². The Hall–Kier alpha value is -3.61. The minimum Gasteiger partial charge on any atom is -0.490 e. The van der Waals surface area contributed by atoms with Crippen molar-refractivity contribution < 1.29 is 23.5 Å². The fraction of sp³-hybridized carbons (Fsp3) is 0.471. The summed E-state index contributed by atoms with van der Waals surface area (Å²) in [5.74, 6) is -1.33. The van der Waals surface area contributed by atoms with Crippen molar-refractivity contribution in [3.05, 3.63) is 75.2 Å². The molecule has 12 heteroatoms. The summed E-state index contributed by atoms with van der Waals surface area (Å²) in [4.78, 5) is 40.5. The third kappa shape index (κ3) is 8.40. The lowest BCUT2D eigenvalue weighted by Crippen LogP contribution is -2.47. The van der Waals surface area contributed by atoms with Crippen LogP contribution >= 0.6 is 15.9 Å². The number of nitrogens with one attached hydrogen (secondary N) is 4. The van der Waals surface area contributed by atoms with Crippen LogP contribution in [-0.2, 0) is 20.9 Å². The number of carbonyl (C=O) groups excluding carboxylic acids is 3. The predicted octanol–water partition coefficient (Wildman–Crippen LogP) is 3.77. The molecule has 0 bridgehead atoms. The van der Waals surface area contributed by atoms with E-state index in [-0.39, 0.29) is 35.9 Å². The molecule has 46 heavy (non-hydrogen) atoms. The molecule has 0 spiro atoms. The number of likely N-dealkylation sites (tertiary alicyclic amines) is 2. The van der Waals surface area contributed by atoms with Gasteiger partial charge in [0.15, 0.2) is 0 Å². The summed E-state index contributed by atoms with van der Waals surface area (Å²) in [5.41, 5.74) is 3.27. The van der Waals surface area contributed by atoms with Crippen molar-refractivity contribution in [1.29, 1.82) is 5.41 Å². The molecule has 2 aromatic carbocycles. The summed E-state index contributed by atoms with van der Waals surface area (Å²) in [5, 5.41) is 16.1. The standard InChI is InChI=1S/C34H42BrFN6O4/c1-38-34(45)32(35)30(17-37)39-24-15-23(19-41(2)20-24)22-5-3-21(4-6-22)18-42-13-11-25(12-14-42)46-26-7-9-29(36)28(16-26)27-8-10-31(43)40-33(27)44/h3-7,9,16-17,23-25,27,37,39H,8,10-15,18-20H2,1-2H3,(H,38,45)(H,40,43,44)/b32-30-,37-17?. The van der Waals surface area contributed by atoms with Gasteiger partial charge in [0.2, 0.25) is 11.8 Å². The van der Waals surface area contributed by atoms with Gasteiger partial charge in [-0.15, -0.1) is 0 Å². The number of benzene rings is 2. The van der Waals surface area contributed by atoms with Crippen LogP contribution in [0.5, 0.6) is 5.75 Å². The molecule has 3 aliphatic heterocycles. The lowest BCUT2D eigenvalue weighted by Gasteiger charge is -2.37. The zero-order valence-electron chi connectivity index (χ0n) is 26.3. The Balaban J connectivity index is 1.12. The summed E-state index contributed by atoms with van der Waals surface area (Å²) in [6.07, 6.45) is 4.25. The molecule has 0 aliphatic carbocycles. The van der Waals surface area contributed by atoms with E-state index in [2.05, 4.69) is 73.0 Å². The highest BCUT2D eigenvalue weighted by Crippen LogP contribution is 2.32. The topological polar surface area (TPSA) is 127 Å². The van der Waals surface area contributed by atoms with Crippen LogP contribution in [0.1, 0.15) is 60.6 Å². The van der Waals surface area contributed by atoms with Gasteiger partial charge in [-0.3, -0.25) is 24.6 Å². The molecule has 0 saturated carbocycles. The Labute approximate surface area is 277 Å². The molecule has 3 fully saturated rings. The van der Waals surface area contributed by atoms with Crippen LogP contribution in [0.25, 0.3) is 0 Å². The molecule has 3 saturated heterocycles. The third-order valence-electron chi connectivity index (χ3n) is 9.08. The number of halogens is 2. The molecule has 3 unspecified atom stereocenters. The summed E-state index contributed by atoms with van der Waals surface area (Å²) in [7, 11) is 3.66. The van der Waals surface area contributed by atoms with Gasteiger partial charge in [0.1, 0.15) is 22.2 Å². The first kappa shape index (κ1) is 33.7. The van der Waals surface area contributed by atoms with Crippen molar-refractivity contribution in [1.82, 2.24) is 25.8 Å². The summed E-state index contributed by atoms with van der Waals surface area (Å²) in [6.45, 7) is 4.36. The molecule has 246 valence electrons. The molecule has 2 aromatic rings. The quantitative estimate of drug-likeness (QED) is 0.169. The van der Waals surface area contributed by atoms with Gasteiger partial charge in [-0.2, -0.15) is 0 Å². The maximum atomic E-state index is 14.6. The van der Waals surface area contributed by atoms with Gasteiger partial charge < -0.3 is 25.7 Å². The second kappa shape index (κ2) is 15.3. The van der Waals surface area contributed by atoms with Gasteiger partial charge in [0.25, 0.3) is 5.91 Å². The number of ether oxygens (including phenoxy) is 1. The Morgan fingerprint density at radius 1 is 1.13 bits per heavy atom. The van der Waals surface area contributed by atoms with Crippen molar-refractivity contribution in [2.75, 3.05) is 40.3 Å². The zero-order chi connectivity index (χ0) is 32.8. The van der Waals surface area contributed by atoms with E-state index in [0.717, 1.165) is 52.0 Å². The number of hydrogen-bond donors (Lipinski definition) is 4. The molecular weight excluding hydrogens is 655 g/mol. The maximum Gasteiger partial charge on any atom is 0.260 e. The van der Waals surface area contributed by atoms with Crippen LogP contribution in [-0.4, -0.2) is 86.2 Å². The number of carbonyl (C=O) groups is 3. The molecule has 3 amide bonds. The van der Waals surface area contributed by atoms with E-state index in [9.17, 15) is 18.8 Å². The number of allylic oxidation sites excluding steroid dienone is 1. The Morgan fingerprint density at radius 3 is 2.54 bits per heavy atom. The average Bonchev–Trinajstić information content (AvgIpc) is 3.05. The van der Waals surface area contributed by atoms with Gasteiger partial charge in [0.05, 0.1) is 11.6 Å². The van der Waals surface area contributed by atoms with Crippen LogP contribution in [0.2, 0.25) is 0 Å². The molecule has 0 aromatic heterocycles. The highest BCUT2D eigenvalue weighted by molar-refractivity contribution is 9.12. The highest BCUT2D eigenvalue weighted by Gasteiger charge is 2.31. The molecule has 3 aliphatic rings. The molecule has 3 heterocycles. The minimum atomic E-state index is -0.688. The minimum absolute atomic E-state index is 0.00327. The average molecular weight is 698 g/mol. The molecule has 0 radical (unpaired) electrons. The number of hydrogen-bond acceptors (Lipinski definition) is 8. The van der Waals surface area contributed by atoms with E-state index >= 15 is 0 Å². The fourth-order valence-corrected chi connectivity index (χ4v) is 7.10. The lowest BCUT2D eigenvalue weighted by atomic mass is 9.87. The smallest absolute Gasteiger partial charge is 0.260 e. The Morgan fingerprint density at radius 2 is 1.87 bits per heavy atom. The number of amides is 3. The predicted molar refractivity (Wildman–Crippen MR) is 177 cm³/mol. The van der Waals surface area contributed by atoms with Crippen molar-refractivity contribution >= 4 is 39.9 Å². The lowest BCUT2D eigenvalue weighted by molar-refractivity contribution is -0.134. The SMILES string of the molecule is CNC(=O)/C(Br)=C(\C=N)NC1CC(c2ccc(CN3CCC(Oc4ccc(F)c(C5CCC(=O)NC5=O)c4)CC3)cc2)CN(C)C1. The van der Waals surface area contributed by atoms with Gasteiger partial charge >= 0.3 is 0 Å². The second-order valence-corrected chi connectivity index (χ2v) is 13.3. The first-order chi connectivity index (χ1) is 22.1. The number of nitrogens with zero attached hydrogens (tertiary/aromatic N) is 2. The Kier molecular flexibility index (Phi) is 11.2. The van der Waals surface area contributed by atoms with Crippen LogP contribution in [0.15, 0.2) is 52.6 Å². The highest BCUT2D eigenvalue weighted by atomic mass is 79.9. The van der Waals surface area contributed by atoms with E-state index < -0.39 is 17.6 Å². The van der Waals surface area contributed by atoms with Gasteiger partial charge in [-0.25, -0.2) is 4.39 Å². The maximum absolute atomic E-state index is 14.6. The summed E-state index contributed by atoms with van der Waals surface area (Å²) < 4.78 is 21.1. The normalized spacial score (nSPS) is 23.7. The molecule has 4 N–H and O–H groups in total. The second-order valence-electron chi connectivity index (χ2n) is 12.5. The monoisotopic (exact) mass is 696 g/mol. The van der Waals surface area contributed by atoms with Crippen LogP contribution in [0.4, 0.5) is 4.39 Å². The van der Waals surface area contributed by atoms with Crippen molar-refractivity contribution in [3.63, 3.8) is 0 Å².